The fraction of sp³-hybridized carbons (Fsp3) is 0.953. The van der Waals surface area contributed by atoms with Crippen molar-refractivity contribution in [3.63, 3.8) is 0 Å². The van der Waals surface area contributed by atoms with Gasteiger partial charge in [0.1, 0.15) is 0 Å². The molecule has 0 bridgehead atoms. The molecule has 51 heavy (non-hydrogen) atoms. The Kier molecular flexibility index (Phi) is 32.8. The molecule has 1 rings (SSSR count). The molecular weight excluding hydrogens is 636 g/mol. The average Bonchev–Trinajstić information content (AvgIpc) is 3.03. The first-order valence-electron chi connectivity index (χ1n) is 21.0. The minimum Gasteiger partial charge on any atom is -0.466 e. The molecule has 0 aliphatic carbocycles. The third kappa shape index (κ3) is 35.6. The SMILES string of the molecule is CC(C)CCCCCCCOC(=O)CCN(CCC(=O)OCCCCCCCC(C)C)C(C)C.CC(C)N(C)C.CN1CCN(C(C)(C)C)CC1. The van der Waals surface area contributed by atoms with Gasteiger partial charge in [0.05, 0.1) is 26.1 Å². The zero-order valence-electron chi connectivity index (χ0n) is 36.8. The number of unbranched alkanes of at least 4 members (excludes halogenated alkanes) is 8. The second-order valence-electron chi connectivity index (χ2n) is 17.5. The van der Waals surface area contributed by atoms with E-state index in [2.05, 4.69) is 117 Å². The largest absolute Gasteiger partial charge is 0.466 e. The molecule has 0 unspecified atom stereocenters. The Morgan fingerprint density at radius 3 is 1.25 bits per heavy atom. The number of carbonyl (C=O) groups excluding carboxylic acids is 2. The molecule has 0 spiro atoms. The minimum atomic E-state index is -0.138. The molecule has 306 valence electrons. The maximum absolute atomic E-state index is 12.1. The van der Waals surface area contributed by atoms with E-state index in [-0.39, 0.29) is 18.0 Å². The highest BCUT2D eigenvalue weighted by Crippen LogP contribution is 2.15. The van der Waals surface area contributed by atoms with Gasteiger partial charge in [0.15, 0.2) is 0 Å². The van der Waals surface area contributed by atoms with Gasteiger partial charge in [-0.15, -0.1) is 0 Å². The van der Waals surface area contributed by atoms with Crippen LogP contribution in [0.15, 0.2) is 0 Å². The van der Waals surface area contributed by atoms with Crippen molar-refractivity contribution < 1.29 is 19.1 Å². The van der Waals surface area contributed by atoms with Gasteiger partial charge in [-0.2, -0.15) is 0 Å². The van der Waals surface area contributed by atoms with Crippen LogP contribution in [-0.4, -0.2) is 123 Å². The molecule has 1 saturated heterocycles. The highest BCUT2D eigenvalue weighted by Gasteiger charge is 2.24. The van der Waals surface area contributed by atoms with E-state index in [4.69, 9.17) is 9.47 Å². The summed E-state index contributed by atoms with van der Waals surface area (Å²) in [5, 5.41) is 0. The smallest absolute Gasteiger partial charge is 0.307 e. The molecule has 1 aliphatic rings. The predicted octanol–water partition coefficient (Wildman–Crippen LogP) is 9.55. The van der Waals surface area contributed by atoms with Crippen molar-refractivity contribution in [3.8, 4) is 0 Å². The lowest BCUT2D eigenvalue weighted by Crippen LogP contribution is -2.52. The number of carbonyl (C=O) groups is 2. The normalized spacial score (nSPS) is 14.3. The maximum atomic E-state index is 12.1. The van der Waals surface area contributed by atoms with Crippen LogP contribution >= 0.6 is 0 Å². The van der Waals surface area contributed by atoms with Crippen LogP contribution in [0.3, 0.4) is 0 Å². The van der Waals surface area contributed by atoms with Gasteiger partial charge in [0, 0.05) is 56.9 Å². The van der Waals surface area contributed by atoms with E-state index in [1.807, 2.05) is 0 Å². The first kappa shape index (κ1) is 51.9. The first-order chi connectivity index (χ1) is 23.9. The fourth-order valence-corrected chi connectivity index (χ4v) is 5.46. The molecular formula is C43H90N4O4. The summed E-state index contributed by atoms with van der Waals surface area (Å²) in [4.78, 5) is 33.4. The molecule has 0 aromatic heterocycles. The van der Waals surface area contributed by atoms with Gasteiger partial charge in [-0.25, -0.2) is 0 Å². The summed E-state index contributed by atoms with van der Waals surface area (Å²) in [7, 11) is 6.34. The Balaban J connectivity index is 0. The summed E-state index contributed by atoms with van der Waals surface area (Å²) < 4.78 is 10.8. The monoisotopic (exact) mass is 727 g/mol. The predicted molar refractivity (Wildman–Crippen MR) is 221 cm³/mol. The molecule has 0 atom stereocenters. The van der Waals surface area contributed by atoms with Crippen molar-refractivity contribution in [3.05, 3.63) is 0 Å². The van der Waals surface area contributed by atoms with E-state index >= 15 is 0 Å². The summed E-state index contributed by atoms with van der Waals surface area (Å²) >= 11 is 0. The van der Waals surface area contributed by atoms with E-state index in [1.54, 1.807) is 0 Å². The van der Waals surface area contributed by atoms with Crippen molar-refractivity contribution in [2.24, 2.45) is 11.8 Å². The number of ether oxygens (including phenoxy) is 2. The van der Waals surface area contributed by atoms with E-state index in [9.17, 15) is 9.59 Å². The van der Waals surface area contributed by atoms with Gasteiger partial charge in [0.25, 0.3) is 0 Å². The number of likely N-dealkylation sites (N-methyl/N-ethyl adjacent to an activating group) is 1. The highest BCUT2D eigenvalue weighted by atomic mass is 16.5. The van der Waals surface area contributed by atoms with Crippen molar-refractivity contribution in [2.75, 3.05) is 73.6 Å². The molecule has 0 saturated carbocycles. The lowest BCUT2D eigenvalue weighted by molar-refractivity contribution is -0.144. The minimum absolute atomic E-state index is 0.138. The molecule has 1 aliphatic heterocycles. The fourth-order valence-electron chi connectivity index (χ4n) is 5.46. The van der Waals surface area contributed by atoms with Crippen LogP contribution in [0.4, 0.5) is 0 Å². The molecule has 0 N–H and O–H groups in total. The van der Waals surface area contributed by atoms with Crippen LogP contribution in [0, 0.1) is 11.8 Å². The molecule has 8 nitrogen and oxygen atoms in total. The number of esters is 2. The summed E-state index contributed by atoms with van der Waals surface area (Å²) in [6, 6.07) is 0.960. The molecule has 1 fully saturated rings. The van der Waals surface area contributed by atoms with Crippen molar-refractivity contribution >= 4 is 11.9 Å². The van der Waals surface area contributed by atoms with Gasteiger partial charge in [-0.3, -0.25) is 19.4 Å². The molecule has 8 heteroatoms. The van der Waals surface area contributed by atoms with Crippen LogP contribution < -0.4 is 0 Å². The van der Waals surface area contributed by atoms with Gasteiger partial charge < -0.3 is 19.3 Å². The Bertz CT molecular complexity index is 756. The zero-order chi connectivity index (χ0) is 39.2. The second kappa shape index (κ2) is 32.2. The van der Waals surface area contributed by atoms with Crippen LogP contribution in [0.25, 0.3) is 0 Å². The Morgan fingerprint density at radius 1 is 0.588 bits per heavy atom. The maximum Gasteiger partial charge on any atom is 0.307 e. The molecule has 0 aromatic carbocycles. The first-order valence-corrected chi connectivity index (χ1v) is 21.0. The topological polar surface area (TPSA) is 65.6 Å². The summed E-state index contributed by atoms with van der Waals surface area (Å²) in [6.07, 6.45) is 15.1. The average molecular weight is 727 g/mol. The van der Waals surface area contributed by atoms with E-state index in [0.29, 0.717) is 50.7 Å². The molecule has 0 aromatic rings. The number of rotatable bonds is 24. The zero-order valence-corrected chi connectivity index (χ0v) is 36.8. The van der Waals surface area contributed by atoms with E-state index < -0.39 is 0 Å². The highest BCUT2D eigenvalue weighted by molar-refractivity contribution is 5.70. The number of nitrogens with zero attached hydrogens (tertiary/aromatic N) is 4. The van der Waals surface area contributed by atoms with Gasteiger partial charge >= 0.3 is 11.9 Å². The number of hydrogen-bond donors (Lipinski definition) is 0. The lowest BCUT2D eigenvalue weighted by Gasteiger charge is -2.41. The summed E-state index contributed by atoms with van der Waals surface area (Å²) in [5.74, 6) is 1.30. The Hall–Kier alpha value is -1.22. The number of piperazine rings is 1. The van der Waals surface area contributed by atoms with Gasteiger partial charge in [-0.05, 0) is 94.3 Å². The Labute approximate surface area is 319 Å². The molecule has 0 amide bonds. The molecule has 1 heterocycles. The second-order valence-corrected chi connectivity index (χ2v) is 17.5. The summed E-state index contributed by atoms with van der Waals surface area (Å²) in [5.41, 5.74) is 0.362. The summed E-state index contributed by atoms with van der Waals surface area (Å²) in [6.45, 7) is 31.6. The van der Waals surface area contributed by atoms with Crippen molar-refractivity contribution in [1.82, 2.24) is 19.6 Å². The van der Waals surface area contributed by atoms with E-state index in [1.165, 1.54) is 77.5 Å². The van der Waals surface area contributed by atoms with Crippen LogP contribution in [-0.2, 0) is 19.1 Å². The lowest BCUT2D eigenvalue weighted by atomic mass is 10.0. The third-order valence-corrected chi connectivity index (χ3v) is 9.80. The quantitative estimate of drug-likeness (QED) is 0.0720. The molecule has 0 radical (unpaired) electrons. The third-order valence-electron chi connectivity index (χ3n) is 9.80. The van der Waals surface area contributed by atoms with Crippen LogP contribution in [0.2, 0.25) is 0 Å². The van der Waals surface area contributed by atoms with E-state index in [0.717, 1.165) is 37.5 Å². The van der Waals surface area contributed by atoms with Crippen molar-refractivity contribution in [2.45, 2.75) is 184 Å². The van der Waals surface area contributed by atoms with Gasteiger partial charge in [0.2, 0.25) is 0 Å². The van der Waals surface area contributed by atoms with Crippen molar-refractivity contribution in [1.29, 1.82) is 0 Å². The standard InChI is InChI=1S/C29H57NO4.C9H20N2.C5H13N/c1-25(2)17-13-9-7-11-15-23-33-28(31)19-21-30(27(5)6)22-20-29(32)34-24-16-12-8-10-14-18-26(3)4;1-9(2,3)11-7-5-10(4)6-8-11;1-5(2)6(3)4/h25-27H,7-24H2,1-6H3;5-8H2,1-4H3;5H,1-4H3. The Morgan fingerprint density at radius 2 is 0.941 bits per heavy atom. The van der Waals surface area contributed by atoms with Crippen LogP contribution in [0.1, 0.15) is 166 Å². The number of hydrogen-bond acceptors (Lipinski definition) is 8. The van der Waals surface area contributed by atoms with Gasteiger partial charge in [-0.1, -0.05) is 91.9 Å². The van der Waals surface area contributed by atoms with Crippen LogP contribution in [0.5, 0.6) is 0 Å².